The van der Waals surface area contributed by atoms with Crippen LogP contribution in [-0.4, -0.2) is 29.3 Å². The maximum absolute atomic E-state index is 12.4. The van der Waals surface area contributed by atoms with Gasteiger partial charge in [0.2, 0.25) is 5.91 Å². The van der Waals surface area contributed by atoms with Gasteiger partial charge in [0.1, 0.15) is 12.2 Å². The minimum atomic E-state index is -0.630. The van der Waals surface area contributed by atoms with E-state index in [1.54, 1.807) is 36.4 Å². The number of aryl methyl sites for hydroxylation is 1. The molecule has 26 heavy (non-hydrogen) atoms. The Morgan fingerprint density at radius 1 is 1.12 bits per heavy atom. The summed E-state index contributed by atoms with van der Waals surface area (Å²) in [6, 6.07) is 13.4. The molecule has 1 aliphatic rings. The number of hydrogen-bond acceptors (Lipinski definition) is 3. The summed E-state index contributed by atoms with van der Waals surface area (Å²) in [6.07, 6.45) is 1.54. The summed E-state index contributed by atoms with van der Waals surface area (Å²) in [5.74, 6) is -1.01. The first-order valence-corrected chi connectivity index (χ1v) is 8.27. The first-order chi connectivity index (χ1) is 12.4. The molecule has 0 unspecified atom stereocenters. The highest BCUT2D eigenvalue weighted by Crippen LogP contribution is 2.16. The molecule has 2 aromatic carbocycles. The minimum absolute atomic E-state index is 0.112. The molecule has 0 radical (unpaired) electrons. The van der Waals surface area contributed by atoms with E-state index in [1.165, 1.54) is 6.08 Å². The maximum atomic E-state index is 12.4. The molecule has 132 valence electrons. The molecule has 1 heterocycles. The summed E-state index contributed by atoms with van der Waals surface area (Å²) >= 11 is 5.83. The fraction of sp³-hybridized carbons (Fsp3) is 0.105. The van der Waals surface area contributed by atoms with E-state index in [-0.39, 0.29) is 12.2 Å². The standard InChI is InChI=1S/C19H16ClN3O3/c1-12-2-8-15(9-3-12)21-17(24)11-23-18(25)16(22-19(23)26)10-13-4-6-14(20)7-5-13/h2-10H,11H2,1H3,(H,21,24)(H,22,26)/b16-10+. The minimum Gasteiger partial charge on any atom is -0.325 e. The van der Waals surface area contributed by atoms with E-state index in [0.717, 1.165) is 10.5 Å². The van der Waals surface area contributed by atoms with Crippen molar-refractivity contribution in [1.29, 1.82) is 0 Å². The van der Waals surface area contributed by atoms with Crippen LogP contribution in [0.2, 0.25) is 5.02 Å². The first kappa shape index (κ1) is 17.7. The molecule has 1 saturated heterocycles. The molecule has 4 amide bonds. The Labute approximate surface area is 155 Å². The lowest BCUT2D eigenvalue weighted by Crippen LogP contribution is -2.38. The fourth-order valence-corrected chi connectivity index (χ4v) is 2.55. The van der Waals surface area contributed by atoms with Crippen molar-refractivity contribution < 1.29 is 14.4 Å². The van der Waals surface area contributed by atoms with Crippen molar-refractivity contribution in [2.24, 2.45) is 0 Å². The molecule has 0 aromatic heterocycles. The Morgan fingerprint density at radius 3 is 2.42 bits per heavy atom. The number of carbonyl (C=O) groups is 3. The van der Waals surface area contributed by atoms with Gasteiger partial charge in [0.15, 0.2) is 0 Å². The number of urea groups is 1. The number of halogens is 1. The van der Waals surface area contributed by atoms with Crippen molar-refractivity contribution in [3.05, 3.63) is 70.4 Å². The molecular formula is C19H16ClN3O3. The Balaban J connectivity index is 1.67. The molecule has 2 aromatic rings. The first-order valence-electron chi connectivity index (χ1n) is 7.89. The van der Waals surface area contributed by atoms with Gasteiger partial charge < -0.3 is 10.6 Å². The van der Waals surface area contributed by atoms with Crippen LogP contribution in [0.3, 0.4) is 0 Å². The van der Waals surface area contributed by atoms with Crippen LogP contribution in [0, 0.1) is 6.92 Å². The number of carbonyl (C=O) groups excluding carboxylic acids is 3. The highest BCUT2D eigenvalue weighted by atomic mass is 35.5. The van der Waals surface area contributed by atoms with Crippen molar-refractivity contribution in [1.82, 2.24) is 10.2 Å². The molecule has 0 atom stereocenters. The van der Waals surface area contributed by atoms with Crippen molar-refractivity contribution in [2.75, 3.05) is 11.9 Å². The zero-order chi connectivity index (χ0) is 18.7. The Kier molecular flexibility index (Phi) is 5.04. The molecule has 0 bridgehead atoms. The molecule has 1 aliphatic heterocycles. The lowest BCUT2D eigenvalue weighted by Gasteiger charge is -2.12. The highest BCUT2D eigenvalue weighted by Gasteiger charge is 2.34. The van der Waals surface area contributed by atoms with Crippen molar-refractivity contribution in [3.8, 4) is 0 Å². The summed E-state index contributed by atoms with van der Waals surface area (Å²) in [4.78, 5) is 37.4. The van der Waals surface area contributed by atoms with Crippen LogP contribution in [0.25, 0.3) is 6.08 Å². The third-order valence-corrected chi connectivity index (χ3v) is 4.03. The number of imide groups is 1. The third-order valence-electron chi connectivity index (χ3n) is 3.78. The molecule has 0 aliphatic carbocycles. The van der Waals surface area contributed by atoms with Gasteiger partial charge in [-0.1, -0.05) is 41.4 Å². The van der Waals surface area contributed by atoms with E-state index in [9.17, 15) is 14.4 Å². The number of nitrogens with one attached hydrogen (secondary N) is 2. The van der Waals surface area contributed by atoms with E-state index >= 15 is 0 Å². The Hall–Kier alpha value is -3.12. The molecule has 2 N–H and O–H groups in total. The third kappa shape index (κ3) is 4.10. The van der Waals surface area contributed by atoms with Gasteiger partial charge in [0.05, 0.1) is 0 Å². The smallest absolute Gasteiger partial charge is 0.325 e. The quantitative estimate of drug-likeness (QED) is 0.641. The van der Waals surface area contributed by atoms with Crippen LogP contribution in [0.15, 0.2) is 54.2 Å². The van der Waals surface area contributed by atoms with E-state index in [0.29, 0.717) is 16.3 Å². The topological polar surface area (TPSA) is 78.5 Å². The van der Waals surface area contributed by atoms with Gasteiger partial charge in [0, 0.05) is 10.7 Å². The average molecular weight is 370 g/mol. The summed E-state index contributed by atoms with van der Waals surface area (Å²) in [6.45, 7) is 1.57. The van der Waals surface area contributed by atoms with E-state index in [4.69, 9.17) is 11.6 Å². The van der Waals surface area contributed by atoms with E-state index in [1.807, 2.05) is 19.1 Å². The van der Waals surface area contributed by atoms with Gasteiger partial charge in [-0.3, -0.25) is 9.59 Å². The monoisotopic (exact) mass is 369 g/mol. The van der Waals surface area contributed by atoms with Gasteiger partial charge in [-0.05, 0) is 42.8 Å². The number of benzene rings is 2. The second-order valence-corrected chi connectivity index (χ2v) is 6.28. The van der Waals surface area contributed by atoms with Crippen LogP contribution >= 0.6 is 11.6 Å². The number of amides is 4. The zero-order valence-corrected chi connectivity index (χ0v) is 14.7. The van der Waals surface area contributed by atoms with Crippen LogP contribution < -0.4 is 10.6 Å². The van der Waals surface area contributed by atoms with Crippen LogP contribution in [0.1, 0.15) is 11.1 Å². The number of nitrogens with zero attached hydrogens (tertiary/aromatic N) is 1. The summed E-state index contributed by atoms with van der Waals surface area (Å²) in [5, 5.41) is 5.71. The summed E-state index contributed by atoms with van der Waals surface area (Å²) < 4.78 is 0. The SMILES string of the molecule is Cc1ccc(NC(=O)CN2C(=O)N/C(=C/c3ccc(Cl)cc3)C2=O)cc1. The molecule has 0 spiro atoms. The second kappa shape index (κ2) is 7.41. The Morgan fingerprint density at radius 2 is 1.77 bits per heavy atom. The van der Waals surface area contributed by atoms with Crippen LogP contribution in [0.4, 0.5) is 10.5 Å². The van der Waals surface area contributed by atoms with E-state index in [2.05, 4.69) is 10.6 Å². The number of rotatable bonds is 4. The lowest BCUT2D eigenvalue weighted by atomic mass is 10.2. The van der Waals surface area contributed by atoms with Gasteiger partial charge in [-0.2, -0.15) is 0 Å². The summed E-state index contributed by atoms with van der Waals surface area (Å²) in [5.41, 5.74) is 2.49. The average Bonchev–Trinajstić information content (AvgIpc) is 2.86. The van der Waals surface area contributed by atoms with Gasteiger partial charge in [0.25, 0.3) is 5.91 Å². The molecule has 0 saturated carbocycles. The van der Waals surface area contributed by atoms with Gasteiger partial charge >= 0.3 is 6.03 Å². The van der Waals surface area contributed by atoms with Crippen molar-refractivity contribution in [2.45, 2.75) is 6.92 Å². The van der Waals surface area contributed by atoms with Crippen molar-refractivity contribution >= 4 is 41.2 Å². The zero-order valence-electron chi connectivity index (χ0n) is 14.0. The number of anilines is 1. The molecule has 7 heteroatoms. The molecule has 3 rings (SSSR count). The van der Waals surface area contributed by atoms with Crippen molar-refractivity contribution in [3.63, 3.8) is 0 Å². The predicted octanol–water partition coefficient (Wildman–Crippen LogP) is 3.18. The second-order valence-electron chi connectivity index (χ2n) is 5.85. The van der Waals surface area contributed by atoms with Gasteiger partial charge in [-0.25, -0.2) is 9.69 Å². The van der Waals surface area contributed by atoms with Crippen LogP contribution in [0.5, 0.6) is 0 Å². The largest absolute Gasteiger partial charge is 0.329 e. The Bertz CT molecular complexity index is 889. The maximum Gasteiger partial charge on any atom is 0.329 e. The van der Waals surface area contributed by atoms with Gasteiger partial charge in [-0.15, -0.1) is 0 Å². The number of hydrogen-bond donors (Lipinski definition) is 2. The fourth-order valence-electron chi connectivity index (χ4n) is 2.42. The highest BCUT2D eigenvalue weighted by molar-refractivity contribution is 6.30. The summed E-state index contributed by atoms with van der Waals surface area (Å²) in [7, 11) is 0. The van der Waals surface area contributed by atoms with E-state index < -0.39 is 17.8 Å². The normalized spacial score (nSPS) is 15.3. The molecular weight excluding hydrogens is 354 g/mol. The molecule has 6 nitrogen and oxygen atoms in total. The molecule has 1 fully saturated rings. The van der Waals surface area contributed by atoms with Crippen LogP contribution in [-0.2, 0) is 9.59 Å². The predicted molar refractivity (Wildman–Crippen MR) is 99.5 cm³/mol. The lowest BCUT2D eigenvalue weighted by molar-refractivity contribution is -0.127.